The molecule has 0 aliphatic heterocycles. The first-order valence-electron chi connectivity index (χ1n) is 6.16. The number of carbonyl (C=O) groups excluding carboxylic acids is 1. The van der Waals surface area contributed by atoms with Gasteiger partial charge in [0.25, 0.3) is 0 Å². The van der Waals surface area contributed by atoms with Gasteiger partial charge in [0.2, 0.25) is 5.91 Å². The molecule has 0 aromatic heterocycles. The fraction of sp³-hybridized carbons (Fsp3) is 0.500. The molecule has 18 heavy (non-hydrogen) atoms. The Balaban J connectivity index is 2.58. The number of nitrogens with two attached hydrogens (primary N) is 1. The molecule has 4 heteroatoms. The minimum atomic E-state index is -0.257. The summed E-state index contributed by atoms with van der Waals surface area (Å²) in [5.74, 6) is 0.712. The molecule has 3 N–H and O–H groups in total. The van der Waals surface area contributed by atoms with Crippen molar-refractivity contribution in [3.63, 3.8) is 0 Å². The molecule has 0 bridgehead atoms. The van der Waals surface area contributed by atoms with E-state index >= 15 is 0 Å². The van der Waals surface area contributed by atoms with Gasteiger partial charge in [-0.15, -0.1) is 0 Å². The molecule has 1 aromatic carbocycles. The van der Waals surface area contributed by atoms with Crippen molar-refractivity contribution < 1.29 is 4.79 Å². The van der Waals surface area contributed by atoms with Gasteiger partial charge in [-0.05, 0) is 18.7 Å². The predicted octanol–water partition coefficient (Wildman–Crippen LogP) is 2.19. The van der Waals surface area contributed by atoms with Crippen LogP contribution in [0, 0.1) is 5.92 Å². The maximum absolute atomic E-state index is 12.0. The largest absolute Gasteiger partial charge is 0.353 e. The van der Waals surface area contributed by atoms with Gasteiger partial charge in [0.05, 0.1) is 5.92 Å². The molecular weight excluding hydrogens is 244 g/mol. The van der Waals surface area contributed by atoms with Crippen molar-refractivity contribution in [1.29, 1.82) is 0 Å². The smallest absolute Gasteiger partial charge is 0.224 e. The van der Waals surface area contributed by atoms with Gasteiger partial charge in [0.15, 0.2) is 0 Å². The van der Waals surface area contributed by atoms with E-state index in [1.165, 1.54) is 0 Å². The highest BCUT2D eigenvalue weighted by atomic mass is 32.2. The summed E-state index contributed by atoms with van der Waals surface area (Å²) in [7, 11) is 0. The highest BCUT2D eigenvalue weighted by molar-refractivity contribution is 7.98. The lowest BCUT2D eigenvalue weighted by Gasteiger charge is -2.22. The van der Waals surface area contributed by atoms with Crippen molar-refractivity contribution in [3.8, 4) is 0 Å². The standard InChI is InChI=1S/C14H22N2OS/c1-10(9-18-3)16-14(17)11(2)13(15)12-7-5-4-6-8-12/h4-8,10-11,13H,9,15H2,1-3H3,(H,16,17). The number of rotatable bonds is 6. The van der Waals surface area contributed by atoms with Crippen LogP contribution < -0.4 is 11.1 Å². The molecule has 3 atom stereocenters. The van der Waals surface area contributed by atoms with Crippen molar-refractivity contribution in [3.05, 3.63) is 35.9 Å². The van der Waals surface area contributed by atoms with E-state index < -0.39 is 0 Å². The number of carbonyl (C=O) groups is 1. The van der Waals surface area contributed by atoms with Crippen LogP contribution in [0.3, 0.4) is 0 Å². The molecule has 0 saturated heterocycles. The Morgan fingerprint density at radius 1 is 1.33 bits per heavy atom. The van der Waals surface area contributed by atoms with Gasteiger partial charge in [-0.3, -0.25) is 4.79 Å². The number of thioether (sulfide) groups is 1. The average molecular weight is 266 g/mol. The Morgan fingerprint density at radius 3 is 2.50 bits per heavy atom. The Hall–Kier alpha value is -1.00. The van der Waals surface area contributed by atoms with E-state index in [2.05, 4.69) is 5.32 Å². The Kier molecular flexibility index (Phi) is 6.22. The Labute approximate surface area is 114 Å². The average Bonchev–Trinajstić information content (AvgIpc) is 2.38. The van der Waals surface area contributed by atoms with Gasteiger partial charge >= 0.3 is 0 Å². The molecule has 0 heterocycles. The van der Waals surface area contributed by atoms with Crippen molar-refractivity contribution in [2.75, 3.05) is 12.0 Å². The second-order valence-corrected chi connectivity index (χ2v) is 5.50. The summed E-state index contributed by atoms with van der Waals surface area (Å²) in [6.07, 6.45) is 2.03. The SMILES string of the molecule is CSCC(C)NC(=O)C(C)C(N)c1ccccc1. The van der Waals surface area contributed by atoms with E-state index in [1.807, 2.05) is 50.4 Å². The highest BCUT2D eigenvalue weighted by Crippen LogP contribution is 2.19. The maximum atomic E-state index is 12.0. The first-order chi connectivity index (χ1) is 8.56. The van der Waals surface area contributed by atoms with Gasteiger partial charge < -0.3 is 11.1 Å². The molecule has 100 valence electrons. The van der Waals surface area contributed by atoms with Crippen LogP contribution in [-0.2, 0) is 4.79 Å². The van der Waals surface area contributed by atoms with E-state index in [0.717, 1.165) is 11.3 Å². The number of nitrogens with one attached hydrogen (secondary N) is 1. The summed E-state index contributed by atoms with van der Waals surface area (Å²) < 4.78 is 0. The summed E-state index contributed by atoms with van der Waals surface area (Å²) >= 11 is 1.72. The number of benzene rings is 1. The van der Waals surface area contributed by atoms with Crippen LogP contribution in [-0.4, -0.2) is 24.0 Å². The molecule has 0 spiro atoms. The molecule has 0 saturated carbocycles. The molecule has 1 aromatic rings. The van der Waals surface area contributed by atoms with E-state index in [4.69, 9.17) is 5.73 Å². The third-order valence-corrected chi connectivity index (χ3v) is 3.78. The van der Waals surface area contributed by atoms with Crippen LogP contribution in [0.1, 0.15) is 25.5 Å². The van der Waals surface area contributed by atoms with E-state index in [-0.39, 0.29) is 23.9 Å². The number of amides is 1. The van der Waals surface area contributed by atoms with Gasteiger partial charge in [-0.2, -0.15) is 11.8 Å². The summed E-state index contributed by atoms with van der Waals surface area (Å²) in [4.78, 5) is 12.0. The van der Waals surface area contributed by atoms with Gasteiger partial charge in [0.1, 0.15) is 0 Å². The third kappa shape index (κ3) is 4.35. The van der Waals surface area contributed by atoms with E-state index in [9.17, 15) is 4.79 Å². The van der Waals surface area contributed by atoms with Crippen molar-refractivity contribution >= 4 is 17.7 Å². The Bertz CT molecular complexity index is 369. The van der Waals surface area contributed by atoms with Crippen LogP contribution in [0.2, 0.25) is 0 Å². The van der Waals surface area contributed by atoms with Crippen LogP contribution in [0.5, 0.6) is 0 Å². The third-order valence-electron chi connectivity index (χ3n) is 2.94. The predicted molar refractivity (Wildman–Crippen MR) is 78.5 cm³/mol. The number of hydrogen-bond donors (Lipinski definition) is 2. The topological polar surface area (TPSA) is 55.1 Å². The summed E-state index contributed by atoms with van der Waals surface area (Å²) in [6, 6.07) is 9.67. The Morgan fingerprint density at radius 2 is 1.94 bits per heavy atom. The molecule has 0 radical (unpaired) electrons. The van der Waals surface area contributed by atoms with Crippen LogP contribution in [0.15, 0.2) is 30.3 Å². The normalized spacial score (nSPS) is 15.8. The second-order valence-electron chi connectivity index (χ2n) is 4.59. The lowest BCUT2D eigenvalue weighted by atomic mass is 9.94. The van der Waals surface area contributed by atoms with Crippen molar-refractivity contribution in [1.82, 2.24) is 5.32 Å². The minimum absolute atomic E-state index is 0.0212. The molecule has 3 nitrogen and oxygen atoms in total. The number of hydrogen-bond acceptors (Lipinski definition) is 3. The first kappa shape index (κ1) is 15.1. The lowest BCUT2D eigenvalue weighted by molar-refractivity contribution is -0.125. The quantitative estimate of drug-likeness (QED) is 0.830. The molecule has 1 amide bonds. The maximum Gasteiger partial charge on any atom is 0.224 e. The molecule has 0 aliphatic carbocycles. The van der Waals surface area contributed by atoms with E-state index in [0.29, 0.717) is 0 Å². The zero-order chi connectivity index (χ0) is 13.5. The van der Waals surface area contributed by atoms with Crippen LogP contribution >= 0.6 is 11.8 Å². The van der Waals surface area contributed by atoms with Crippen molar-refractivity contribution in [2.24, 2.45) is 11.7 Å². The zero-order valence-corrected chi connectivity index (χ0v) is 12.0. The minimum Gasteiger partial charge on any atom is -0.353 e. The molecular formula is C14H22N2OS. The lowest BCUT2D eigenvalue weighted by Crippen LogP contribution is -2.41. The van der Waals surface area contributed by atoms with Gasteiger partial charge in [-0.25, -0.2) is 0 Å². The summed E-state index contributed by atoms with van der Waals surface area (Å²) in [5, 5.41) is 2.99. The fourth-order valence-corrected chi connectivity index (χ4v) is 2.38. The molecule has 3 unspecified atom stereocenters. The monoisotopic (exact) mass is 266 g/mol. The summed E-state index contributed by atoms with van der Waals surface area (Å²) in [6.45, 7) is 3.88. The van der Waals surface area contributed by atoms with Gasteiger partial charge in [0, 0.05) is 17.8 Å². The van der Waals surface area contributed by atoms with Crippen LogP contribution in [0.4, 0.5) is 0 Å². The molecule has 0 fully saturated rings. The van der Waals surface area contributed by atoms with Crippen molar-refractivity contribution in [2.45, 2.75) is 25.9 Å². The highest BCUT2D eigenvalue weighted by Gasteiger charge is 2.22. The second kappa shape index (κ2) is 7.44. The first-order valence-corrected chi connectivity index (χ1v) is 7.55. The van der Waals surface area contributed by atoms with Gasteiger partial charge in [-0.1, -0.05) is 37.3 Å². The molecule has 1 rings (SSSR count). The zero-order valence-electron chi connectivity index (χ0n) is 11.2. The molecule has 0 aliphatic rings. The fourth-order valence-electron chi connectivity index (χ4n) is 1.79. The van der Waals surface area contributed by atoms with Crippen LogP contribution in [0.25, 0.3) is 0 Å². The van der Waals surface area contributed by atoms with E-state index in [1.54, 1.807) is 11.8 Å². The summed E-state index contributed by atoms with van der Waals surface area (Å²) in [5.41, 5.74) is 7.12.